The van der Waals surface area contributed by atoms with E-state index in [9.17, 15) is 0 Å². The molecule has 5 rings (SSSR count). The molecule has 4 nitrogen and oxygen atoms in total. The first-order valence-electron chi connectivity index (χ1n) is 9.17. The first kappa shape index (κ1) is 21.2. The van der Waals surface area contributed by atoms with E-state index in [4.69, 9.17) is 16.6 Å². The van der Waals surface area contributed by atoms with Gasteiger partial charge in [0.25, 0.3) is 0 Å². The number of nitrogens with one attached hydrogen (secondary N) is 2. The second kappa shape index (κ2) is 8.85. The van der Waals surface area contributed by atoms with E-state index in [0.717, 1.165) is 61.0 Å². The molecule has 1 fully saturated rings. The van der Waals surface area contributed by atoms with Gasteiger partial charge in [0, 0.05) is 44.7 Å². The zero-order chi connectivity index (χ0) is 17.5. The van der Waals surface area contributed by atoms with E-state index >= 15 is 0 Å². The summed E-state index contributed by atoms with van der Waals surface area (Å²) in [6.45, 7) is 5.73. The quantitative estimate of drug-likeness (QED) is 0.623. The van der Waals surface area contributed by atoms with E-state index in [2.05, 4.69) is 58.0 Å². The second-order valence-electron chi connectivity index (χ2n) is 6.99. The van der Waals surface area contributed by atoms with Gasteiger partial charge < -0.3 is 15.5 Å². The lowest BCUT2D eigenvalue weighted by atomic mass is 9.96. The number of anilines is 1. The van der Waals surface area contributed by atoms with Gasteiger partial charge in [-0.2, -0.15) is 0 Å². The van der Waals surface area contributed by atoms with Crippen molar-refractivity contribution in [2.45, 2.75) is 13.1 Å². The molecule has 2 N–H and O–H groups in total. The summed E-state index contributed by atoms with van der Waals surface area (Å²) >= 11 is 6.59. The third kappa shape index (κ3) is 3.80. The number of aromatic nitrogens is 1. The molecule has 148 valence electrons. The molecule has 0 saturated carbocycles. The fourth-order valence-corrected chi connectivity index (χ4v) is 4.29. The van der Waals surface area contributed by atoms with E-state index < -0.39 is 0 Å². The largest absolute Gasteiger partial charge is 0.353 e. The number of hydrogen-bond acceptors (Lipinski definition) is 4. The maximum absolute atomic E-state index is 6.59. The highest BCUT2D eigenvalue weighted by Crippen LogP contribution is 2.33. The molecule has 7 heteroatoms. The van der Waals surface area contributed by atoms with Crippen LogP contribution in [-0.2, 0) is 13.1 Å². The van der Waals surface area contributed by atoms with Crippen LogP contribution in [0, 0.1) is 0 Å². The molecule has 0 spiro atoms. The van der Waals surface area contributed by atoms with Crippen LogP contribution in [0.1, 0.15) is 11.1 Å². The molecule has 2 aromatic carbocycles. The highest BCUT2D eigenvalue weighted by Gasteiger charge is 2.18. The Morgan fingerprint density at radius 1 is 0.929 bits per heavy atom. The normalized spacial score (nSPS) is 15.7. The Kier molecular flexibility index (Phi) is 6.69. The summed E-state index contributed by atoms with van der Waals surface area (Å²) in [6.07, 6.45) is 0. The van der Waals surface area contributed by atoms with Crippen molar-refractivity contribution < 1.29 is 0 Å². The summed E-state index contributed by atoms with van der Waals surface area (Å²) in [4.78, 5) is 7.13. The van der Waals surface area contributed by atoms with Crippen LogP contribution in [0.5, 0.6) is 0 Å². The zero-order valence-electron chi connectivity index (χ0n) is 15.4. The van der Waals surface area contributed by atoms with Crippen molar-refractivity contribution in [3.8, 4) is 11.1 Å². The molecule has 1 saturated heterocycles. The van der Waals surface area contributed by atoms with Crippen LogP contribution in [-0.4, -0.2) is 31.2 Å². The average molecular weight is 438 g/mol. The number of hydrogen-bond donors (Lipinski definition) is 2. The number of fused-ring (bicyclic) bond motifs is 2. The maximum atomic E-state index is 6.59. The van der Waals surface area contributed by atoms with Gasteiger partial charge >= 0.3 is 0 Å². The summed E-state index contributed by atoms with van der Waals surface area (Å²) in [5, 5.41) is 8.64. The van der Waals surface area contributed by atoms with Crippen LogP contribution in [0.15, 0.2) is 42.5 Å². The second-order valence-corrected chi connectivity index (χ2v) is 7.39. The number of piperazine rings is 1. The monoisotopic (exact) mass is 436 g/mol. The van der Waals surface area contributed by atoms with Gasteiger partial charge in [-0.3, -0.25) is 0 Å². The summed E-state index contributed by atoms with van der Waals surface area (Å²) in [6, 6.07) is 15.1. The Hall–Kier alpha value is -1.56. The Bertz CT molecular complexity index is 987. The molecule has 2 aliphatic heterocycles. The first-order chi connectivity index (χ1) is 12.8. The van der Waals surface area contributed by atoms with Gasteiger partial charge in [0.05, 0.1) is 10.5 Å². The van der Waals surface area contributed by atoms with Gasteiger partial charge in [-0.1, -0.05) is 35.9 Å². The molecule has 3 aromatic rings. The van der Waals surface area contributed by atoms with Crippen LogP contribution in [0.25, 0.3) is 22.0 Å². The molecule has 0 radical (unpaired) electrons. The molecule has 2 aliphatic rings. The molecular formula is C21H23Cl3N4. The first-order valence-corrected chi connectivity index (χ1v) is 9.55. The predicted octanol–water partition coefficient (Wildman–Crippen LogP) is 4.41. The van der Waals surface area contributed by atoms with Crippen LogP contribution in [0.2, 0.25) is 5.02 Å². The van der Waals surface area contributed by atoms with Gasteiger partial charge in [0.1, 0.15) is 5.82 Å². The van der Waals surface area contributed by atoms with Crippen LogP contribution in [0.3, 0.4) is 0 Å². The Morgan fingerprint density at radius 2 is 1.75 bits per heavy atom. The van der Waals surface area contributed by atoms with Crippen LogP contribution < -0.4 is 15.5 Å². The van der Waals surface area contributed by atoms with Crippen molar-refractivity contribution in [1.82, 2.24) is 15.6 Å². The summed E-state index contributed by atoms with van der Waals surface area (Å²) in [5.41, 5.74) is 6.33. The van der Waals surface area contributed by atoms with Gasteiger partial charge in [-0.15, -0.1) is 24.8 Å². The number of pyridine rings is 1. The van der Waals surface area contributed by atoms with Crippen LogP contribution in [0.4, 0.5) is 5.82 Å². The van der Waals surface area contributed by atoms with E-state index in [0.29, 0.717) is 0 Å². The highest BCUT2D eigenvalue weighted by molar-refractivity contribution is 6.33. The molecule has 0 bridgehead atoms. The number of rotatable bonds is 2. The Balaban J connectivity index is 0.00000112. The molecule has 28 heavy (non-hydrogen) atoms. The van der Waals surface area contributed by atoms with Gasteiger partial charge in [0.2, 0.25) is 0 Å². The molecule has 0 aliphatic carbocycles. The minimum atomic E-state index is 0. The lowest BCUT2D eigenvalue weighted by Crippen LogP contribution is -2.44. The van der Waals surface area contributed by atoms with Crippen molar-refractivity contribution in [1.29, 1.82) is 0 Å². The SMILES string of the molecule is Cl.Cl.Clc1cc2cc(-c3cccc4c3CNC4)ccc2nc1N1CCNCC1. The molecule has 0 atom stereocenters. The van der Waals surface area contributed by atoms with E-state index in [-0.39, 0.29) is 24.8 Å². The molecule has 3 heterocycles. The standard InChI is InChI=1S/C21H21ClN4.2ClH/c22-19-11-16-10-14(17-3-1-2-15-12-24-13-18(15)17)4-5-20(16)25-21(19)26-8-6-23-7-9-26;;/h1-5,10-11,23-24H,6-9,12-13H2;2*1H. The van der Waals surface area contributed by atoms with Gasteiger partial charge in [-0.05, 0) is 40.5 Å². The van der Waals surface area contributed by atoms with Crippen molar-refractivity contribution in [3.05, 3.63) is 58.6 Å². The fraction of sp³-hybridized carbons (Fsp3) is 0.286. The number of benzene rings is 2. The smallest absolute Gasteiger partial charge is 0.148 e. The predicted molar refractivity (Wildman–Crippen MR) is 122 cm³/mol. The summed E-state index contributed by atoms with van der Waals surface area (Å²) in [7, 11) is 0. The highest BCUT2D eigenvalue weighted by atomic mass is 35.5. The summed E-state index contributed by atoms with van der Waals surface area (Å²) < 4.78 is 0. The summed E-state index contributed by atoms with van der Waals surface area (Å²) in [5.74, 6) is 0.901. The lowest BCUT2D eigenvalue weighted by Gasteiger charge is -2.29. The average Bonchev–Trinajstić information content (AvgIpc) is 3.16. The topological polar surface area (TPSA) is 40.2 Å². The Morgan fingerprint density at radius 3 is 2.57 bits per heavy atom. The fourth-order valence-electron chi connectivity index (χ4n) is 4.01. The van der Waals surface area contributed by atoms with Crippen molar-refractivity contribution >= 4 is 53.1 Å². The molecule has 0 amide bonds. The van der Waals surface area contributed by atoms with Gasteiger partial charge in [-0.25, -0.2) is 4.98 Å². The van der Waals surface area contributed by atoms with E-state index in [1.165, 1.54) is 22.3 Å². The van der Waals surface area contributed by atoms with Crippen molar-refractivity contribution in [3.63, 3.8) is 0 Å². The molecule has 0 unspecified atom stereocenters. The number of halogens is 3. The zero-order valence-corrected chi connectivity index (χ0v) is 17.8. The minimum Gasteiger partial charge on any atom is -0.353 e. The third-order valence-electron chi connectivity index (χ3n) is 5.37. The van der Waals surface area contributed by atoms with Crippen molar-refractivity contribution in [2.75, 3.05) is 31.1 Å². The number of nitrogens with zero attached hydrogens (tertiary/aromatic N) is 2. The molecule has 1 aromatic heterocycles. The van der Waals surface area contributed by atoms with Crippen LogP contribution >= 0.6 is 36.4 Å². The van der Waals surface area contributed by atoms with Gasteiger partial charge in [0.15, 0.2) is 0 Å². The van der Waals surface area contributed by atoms with E-state index in [1.54, 1.807) is 0 Å². The maximum Gasteiger partial charge on any atom is 0.148 e. The Labute approximate surface area is 182 Å². The van der Waals surface area contributed by atoms with E-state index in [1.807, 2.05) is 0 Å². The third-order valence-corrected chi connectivity index (χ3v) is 5.65. The minimum absolute atomic E-state index is 0. The molecular weight excluding hydrogens is 415 g/mol. The lowest BCUT2D eigenvalue weighted by molar-refractivity contribution is 0.585. The van der Waals surface area contributed by atoms with Crippen molar-refractivity contribution in [2.24, 2.45) is 0 Å².